The largest absolute Gasteiger partial charge is 0.416 e. The smallest absolute Gasteiger partial charge is 0.375 e. The van der Waals surface area contributed by atoms with E-state index in [9.17, 15) is 18.0 Å². The van der Waals surface area contributed by atoms with Crippen molar-refractivity contribution < 1.29 is 18.0 Å². The monoisotopic (exact) mass is 393 g/mol. The lowest BCUT2D eigenvalue weighted by atomic mass is 10.0. The summed E-state index contributed by atoms with van der Waals surface area (Å²) < 4.78 is 38.9. The molecule has 1 aromatic carbocycles. The average Bonchev–Trinajstić information content (AvgIpc) is 2.61. The van der Waals surface area contributed by atoms with E-state index < -0.39 is 11.7 Å². The van der Waals surface area contributed by atoms with Gasteiger partial charge in [0.15, 0.2) is 0 Å². The number of benzene rings is 1. The molecule has 0 fully saturated rings. The van der Waals surface area contributed by atoms with Gasteiger partial charge in [-0.15, -0.1) is 0 Å². The van der Waals surface area contributed by atoms with E-state index in [0.717, 1.165) is 18.3 Å². The second-order valence-corrected chi connectivity index (χ2v) is 6.51. The lowest BCUT2D eigenvalue weighted by Gasteiger charge is -2.18. The van der Waals surface area contributed by atoms with Crippen LogP contribution in [0.4, 0.5) is 30.4 Å². The molecule has 0 spiro atoms. The molecule has 0 unspecified atom stereocenters. The molecule has 0 aliphatic heterocycles. The molecule has 0 aliphatic carbocycles. The van der Waals surface area contributed by atoms with E-state index in [4.69, 9.17) is 5.41 Å². The molecular formula is C19H22F3N5O. The summed E-state index contributed by atoms with van der Waals surface area (Å²) >= 11 is 0. The number of hydrogen-bond acceptors (Lipinski definition) is 5. The van der Waals surface area contributed by atoms with Crippen molar-refractivity contribution in [2.75, 3.05) is 31.3 Å². The Balaban J connectivity index is 2.36. The summed E-state index contributed by atoms with van der Waals surface area (Å²) in [6.07, 6.45) is -1.85. The van der Waals surface area contributed by atoms with E-state index in [-0.39, 0.29) is 12.5 Å². The molecule has 2 aromatic rings. The van der Waals surface area contributed by atoms with E-state index in [1.54, 1.807) is 34.0 Å². The highest BCUT2D eigenvalue weighted by atomic mass is 19.4. The quantitative estimate of drug-likeness (QED) is 0.649. The SMILES string of the molecule is Cc1cc(C(F)(F)F)cc(C)c1Nc1nccc(NCC(=O)N(C)C)c1C=N. The molecule has 9 heteroatoms. The van der Waals surface area contributed by atoms with Crippen LogP contribution in [0.25, 0.3) is 0 Å². The minimum atomic E-state index is -4.42. The van der Waals surface area contributed by atoms with Gasteiger partial charge < -0.3 is 20.9 Å². The minimum absolute atomic E-state index is 0.0373. The summed E-state index contributed by atoms with van der Waals surface area (Å²) in [6.45, 7) is 3.19. The zero-order chi connectivity index (χ0) is 21.1. The lowest BCUT2D eigenvalue weighted by Crippen LogP contribution is -2.28. The maximum absolute atomic E-state index is 13.0. The molecule has 0 atom stereocenters. The third-order valence-corrected chi connectivity index (χ3v) is 4.17. The fourth-order valence-electron chi connectivity index (χ4n) is 2.64. The number of carbonyl (C=O) groups is 1. The molecule has 1 aromatic heterocycles. The standard InChI is InChI=1S/C19H22F3N5O/c1-11-7-13(19(20,21)22)8-12(2)17(11)26-18-14(9-23)15(5-6-24-18)25-10-16(28)27(3)4/h5-9,23H,10H2,1-4H3,(H2,24,25,26). The van der Waals surface area contributed by atoms with Gasteiger partial charge in [-0.25, -0.2) is 4.98 Å². The molecule has 28 heavy (non-hydrogen) atoms. The fraction of sp³-hybridized carbons (Fsp3) is 0.316. The van der Waals surface area contributed by atoms with Crippen molar-refractivity contribution in [3.05, 3.63) is 46.6 Å². The maximum Gasteiger partial charge on any atom is 0.416 e. The molecule has 3 N–H and O–H groups in total. The van der Waals surface area contributed by atoms with Gasteiger partial charge >= 0.3 is 6.18 Å². The first-order chi connectivity index (χ1) is 13.0. The normalized spacial score (nSPS) is 11.1. The molecule has 0 saturated carbocycles. The molecule has 0 radical (unpaired) electrons. The van der Waals surface area contributed by atoms with Crippen molar-refractivity contribution in [2.45, 2.75) is 20.0 Å². The third-order valence-electron chi connectivity index (χ3n) is 4.17. The molecule has 6 nitrogen and oxygen atoms in total. The average molecular weight is 393 g/mol. The molecule has 2 rings (SSSR count). The van der Waals surface area contributed by atoms with Crippen LogP contribution < -0.4 is 10.6 Å². The highest BCUT2D eigenvalue weighted by Gasteiger charge is 2.31. The van der Waals surface area contributed by atoms with Crippen LogP contribution >= 0.6 is 0 Å². The topological polar surface area (TPSA) is 81.1 Å². The number of nitrogens with zero attached hydrogens (tertiary/aromatic N) is 2. The van der Waals surface area contributed by atoms with Gasteiger partial charge in [-0.2, -0.15) is 13.2 Å². The summed E-state index contributed by atoms with van der Waals surface area (Å²) in [5.41, 5.74) is 1.51. The van der Waals surface area contributed by atoms with Crippen LogP contribution in [0.15, 0.2) is 24.4 Å². The van der Waals surface area contributed by atoms with Crippen molar-refractivity contribution in [1.29, 1.82) is 5.41 Å². The number of aromatic nitrogens is 1. The number of rotatable bonds is 6. The van der Waals surface area contributed by atoms with E-state index >= 15 is 0 Å². The van der Waals surface area contributed by atoms with Crippen molar-refractivity contribution in [2.24, 2.45) is 0 Å². The Bertz CT molecular complexity index is 871. The van der Waals surface area contributed by atoms with Gasteiger partial charge in [0.2, 0.25) is 5.91 Å². The summed E-state index contributed by atoms with van der Waals surface area (Å²) in [4.78, 5) is 17.4. The van der Waals surface area contributed by atoms with E-state index in [1.165, 1.54) is 11.1 Å². The zero-order valence-corrected chi connectivity index (χ0v) is 16.0. The third kappa shape index (κ3) is 4.79. The van der Waals surface area contributed by atoms with Gasteiger partial charge in [-0.05, 0) is 43.2 Å². The predicted molar refractivity (Wildman–Crippen MR) is 104 cm³/mol. The van der Waals surface area contributed by atoms with Crippen LogP contribution in [0.2, 0.25) is 0 Å². The van der Waals surface area contributed by atoms with Crippen LogP contribution in [0.1, 0.15) is 22.3 Å². The Hall–Kier alpha value is -3.10. The van der Waals surface area contributed by atoms with Gasteiger partial charge in [0, 0.05) is 37.9 Å². The Morgan fingerprint density at radius 3 is 2.36 bits per heavy atom. The molecular weight excluding hydrogens is 371 g/mol. The van der Waals surface area contributed by atoms with Crippen LogP contribution in [-0.2, 0) is 11.0 Å². The minimum Gasteiger partial charge on any atom is -0.375 e. The predicted octanol–water partition coefficient (Wildman–Crippen LogP) is 3.96. The van der Waals surface area contributed by atoms with Gasteiger partial charge in [0.1, 0.15) is 5.82 Å². The summed E-state index contributed by atoms with van der Waals surface area (Å²) in [5, 5.41) is 13.7. The lowest BCUT2D eigenvalue weighted by molar-refractivity contribution is -0.137. The number of alkyl halides is 3. The van der Waals surface area contributed by atoms with Gasteiger partial charge in [-0.1, -0.05) is 0 Å². The van der Waals surface area contributed by atoms with Crippen molar-refractivity contribution in [3.8, 4) is 0 Å². The number of anilines is 3. The first-order valence-corrected chi connectivity index (χ1v) is 8.43. The number of carbonyl (C=O) groups excluding carboxylic acids is 1. The summed E-state index contributed by atoms with van der Waals surface area (Å²) in [5.74, 6) is 0.167. The van der Waals surface area contributed by atoms with Gasteiger partial charge in [-0.3, -0.25) is 4.79 Å². The van der Waals surface area contributed by atoms with Crippen molar-refractivity contribution in [1.82, 2.24) is 9.88 Å². The highest BCUT2D eigenvalue weighted by Crippen LogP contribution is 2.35. The second kappa shape index (κ2) is 8.28. The molecule has 150 valence electrons. The molecule has 1 amide bonds. The van der Waals surface area contributed by atoms with Gasteiger partial charge in [0.05, 0.1) is 17.7 Å². The molecule has 0 saturated heterocycles. The Morgan fingerprint density at radius 2 is 1.86 bits per heavy atom. The Labute approximate surface area is 161 Å². The second-order valence-electron chi connectivity index (χ2n) is 6.51. The van der Waals surface area contributed by atoms with Crippen LogP contribution in [0.3, 0.4) is 0 Å². The number of nitrogens with one attached hydrogen (secondary N) is 3. The number of amides is 1. The summed E-state index contributed by atoms with van der Waals surface area (Å²) in [6, 6.07) is 3.76. The van der Waals surface area contributed by atoms with Gasteiger partial charge in [0.25, 0.3) is 0 Å². The number of aryl methyl sites for hydroxylation is 2. The van der Waals surface area contributed by atoms with E-state index in [2.05, 4.69) is 15.6 Å². The van der Waals surface area contributed by atoms with Crippen molar-refractivity contribution in [3.63, 3.8) is 0 Å². The van der Waals surface area contributed by atoms with E-state index in [1.807, 2.05) is 0 Å². The first kappa shape index (κ1) is 21.2. The summed E-state index contributed by atoms with van der Waals surface area (Å²) in [7, 11) is 3.27. The van der Waals surface area contributed by atoms with Crippen LogP contribution in [-0.4, -0.2) is 42.6 Å². The van der Waals surface area contributed by atoms with Crippen LogP contribution in [0, 0.1) is 19.3 Å². The zero-order valence-electron chi connectivity index (χ0n) is 16.0. The fourth-order valence-corrected chi connectivity index (χ4v) is 2.64. The first-order valence-electron chi connectivity index (χ1n) is 8.43. The Kier molecular flexibility index (Phi) is 6.27. The molecule has 0 bridgehead atoms. The number of hydrogen-bond donors (Lipinski definition) is 3. The van der Waals surface area contributed by atoms with E-state index in [0.29, 0.717) is 33.9 Å². The number of likely N-dealkylation sites (N-methyl/N-ethyl adjacent to an activating group) is 1. The number of pyridine rings is 1. The maximum atomic E-state index is 13.0. The van der Waals surface area contributed by atoms with Crippen molar-refractivity contribution >= 4 is 29.3 Å². The number of halogens is 3. The molecule has 0 aliphatic rings. The molecule has 1 heterocycles. The Morgan fingerprint density at radius 1 is 1.25 bits per heavy atom. The highest BCUT2D eigenvalue weighted by molar-refractivity contribution is 5.94. The van der Waals surface area contributed by atoms with Crippen LogP contribution in [0.5, 0.6) is 0 Å².